The van der Waals surface area contributed by atoms with E-state index in [0.717, 1.165) is 19.8 Å². The van der Waals surface area contributed by atoms with E-state index in [-0.39, 0.29) is 6.04 Å². The molecule has 0 radical (unpaired) electrons. The van der Waals surface area contributed by atoms with Gasteiger partial charge in [0, 0.05) is 33.9 Å². The van der Waals surface area contributed by atoms with Gasteiger partial charge >= 0.3 is 0 Å². The van der Waals surface area contributed by atoms with Crippen molar-refractivity contribution in [1.82, 2.24) is 4.90 Å². The van der Waals surface area contributed by atoms with Gasteiger partial charge in [-0.3, -0.25) is 4.90 Å². The van der Waals surface area contributed by atoms with E-state index in [1.807, 2.05) is 6.92 Å². The van der Waals surface area contributed by atoms with Crippen LogP contribution in [0.15, 0.2) is 10.5 Å². The Bertz CT molecular complexity index is 324. The van der Waals surface area contributed by atoms with Crippen LogP contribution < -0.4 is 5.73 Å². The van der Waals surface area contributed by atoms with Crippen LogP contribution in [0.4, 0.5) is 0 Å². The van der Waals surface area contributed by atoms with Gasteiger partial charge in [-0.25, -0.2) is 0 Å². The number of nitrogens with zero attached hydrogens (tertiary/aromatic N) is 1. The Kier molecular flexibility index (Phi) is 6.66. The highest BCUT2D eigenvalue weighted by Gasteiger charge is 2.18. The third-order valence-electron chi connectivity index (χ3n) is 2.75. The van der Waals surface area contributed by atoms with E-state index in [0.29, 0.717) is 6.54 Å². The molecule has 2 N–H and O–H groups in total. The Hall–Kier alpha value is 0.0600. The molecule has 0 saturated heterocycles. The number of halogens is 1. The lowest BCUT2D eigenvalue weighted by atomic mass is 10.2. The van der Waals surface area contributed by atoms with Crippen molar-refractivity contribution in [3.63, 3.8) is 0 Å². The Morgan fingerprint density at radius 2 is 2.29 bits per heavy atom. The highest BCUT2D eigenvalue weighted by atomic mass is 79.9. The van der Waals surface area contributed by atoms with Crippen molar-refractivity contribution in [1.29, 1.82) is 0 Å². The average molecular weight is 321 g/mol. The molecule has 1 unspecified atom stereocenters. The molecular formula is C12H21BrN2OS. The lowest BCUT2D eigenvalue weighted by Crippen LogP contribution is -2.32. The van der Waals surface area contributed by atoms with Gasteiger partial charge in [0.2, 0.25) is 0 Å². The molecule has 0 saturated carbocycles. The minimum Gasteiger partial charge on any atom is -0.380 e. The number of rotatable bonds is 7. The molecule has 0 aliphatic heterocycles. The first kappa shape index (κ1) is 15.1. The monoisotopic (exact) mass is 320 g/mol. The van der Waals surface area contributed by atoms with Gasteiger partial charge in [-0.05, 0) is 42.9 Å². The molecule has 1 aromatic heterocycles. The molecule has 0 spiro atoms. The molecule has 1 heterocycles. The molecule has 0 bridgehead atoms. The highest BCUT2D eigenvalue weighted by molar-refractivity contribution is 9.10. The maximum atomic E-state index is 5.88. The standard InChI is InChI=1S/C12H21BrN2OS/c1-4-16-6-5-15(3)11(8-14)12-7-10(13)9(2)17-12/h7,11H,4-6,8,14H2,1-3H3. The Labute approximate surface area is 116 Å². The van der Waals surface area contributed by atoms with Crippen molar-refractivity contribution < 1.29 is 4.74 Å². The number of aryl methyl sites for hydroxylation is 1. The number of ether oxygens (including phenoxy) is 1. The third-order valence-corrected chi connectivity index (χ3v) is 4.99. The van der Waals surface area contributed by atoms with Gasteiger partial charge in [-0.1, -0.05) is 0 Å². The minimum atomic E-state index is 0.283. The van der Waals surface area contributed by atoms with Crippen molar-refractivity contribution in [2.45, 2.75) is 19.9 Å². The van der Waals surface area contributed by atoms with Gasteiger partial charge < -0.3 is 10.5 Å². The van der Waals surface area contributed by atoms with Crippen LogP contribution >= 0.6 is 27.3 Å². The molecule has 0 aliphatic carbocycles. The lowest BCUT2D eigenvalue weighted by Gasteiger charge is -2.25. The van der Waals surface area contributed by atoms with Gasteiger partial charge in [-0.2, -0.15) is 0 Å². The zero-order valence-corrected chi connectivity index (χ0v) is 13.1. The predicted octanol–water partition coefficient (Wildman–Crippen LogP) is 2.79. The molecule has 17 heavy (non-hydrogen) atoms. The fraction of sp³-hybridized carbons (Fsp3) is 0.667. The SMILES string of the molecule is CCOCCN(C)C(CN)c1cc(Br)c(C)s1. The van der Waals surface area contributed by atoms with Gasteiger partial charge in [0.25, 0.3) is 0 Å². The summed E-state index contributed by atoms with van der Waals surface area (Å²) >= 11 is 5.36. The first-order valence-corrected chi connectivity index (χ1v) is 7.45. The number of nitrogens with two attached hydrogens (primary N) is 1. The van der Waals surface area contributed by atoms with E-state index >= 15 is 0 Å². The van der Waals surface area contributed by atoms with Crippen LogP contribution in [-0.4, -0.2) is 38.3 Å². The average Bonchev–Trinajstić information content (AvgIpc) is 2.60. The summed E-state index contributed by atoms with van der Waals surface area (Å²) in [5.74, 6) is 0. The molecule has 1 rings (SSSR count). The van der Waals surface area contributed by atoms with Gasteiger partial charge in [0.15, 0.2) is 0 Å². The number of hydrogen-bond acceptors (Lipinski definition) is 4. The maximum absolute atomic E-state index is 5.88. The normalized spacial score (nSPS) is 13.3. The molecule has 0 amide bonds. The third kappa shape index (κ3) is 4.34. The van der Waals surface area contributed by atoms with E-state index in [9.17, 15) is 0 Å². The zero-order valence-electron chi connectivity index (χ0n) is 10.7. The topological polar surface area (TPSA) is 38.5 Å². The summed E-state index contributed by atoms with van der Waals surface area (Å²) in [6.07, 6.45) is 0. The first-order chi connectivity index (χ1) is 8.10. The van der Waals surface area contributed by atoms with Crippen LogP contribution in [0.3, 0.4) is 0 Å². The van der Waals surface area contributed by atoms with E-state index in [4.69, 9.17) is 10.5 Å². The van der Waals surface area contributed by atoms with Crippen LogP contribution in [0.1, 0.15) is 22.7 Å². The van der Waals surface area contributed by atoms with Crippen molar-refractivity contribution in [3.05, 3.63) is 20.3 Å². The van der Waals surface area contributed by atoms with Crippen molar-refractivity contribution in [3.8, 4) is 0 Å². The molecular weight excluding hydrogens is 300 g/mol. The van der Waals surface area contributed by atoms with Gasteiger partial charge in [0.05, 0.1) is 12.6 Å². The highest BCUT2D eigenvalue weighted by Crippen LogP contribution is 2.32. The first-order valence-electron chi connectivity index (χ1n) is 5.84. The molecule has 3 nitrogen and oxygen atoms in total. The Morgan fingerprint density at radius 3 is 2.76 bits per heavy atom. The fourth-order valence-corrected chi connectivity index (χ4v) is 3.41. The van der Waals surface area contributed by atoms with Crippen LogP contribution in [0.2, 0.25) is 0 Å². The number of likely N-dealkylation sites (N-methyl/N-ethyl adjacent to an activating group) is 1. The van der Waals surface area contributed by atoms with Crippen molar-refractivity contribution in [2.24, 2.45) is 5.73 Å². The largest absolute Gasteiger partial charge is 0.380 e. The number of hydrogen-bond donors (Lipinski definition) is 1. The van der Waals surface area contributed by atoms with Crippen LogP contribution in [-0.2, 0) is 4.74 Å². The van der Waals surface area contributed by atoms with E-state index in [1.165, 1.54) is 14.2 Å². The van der Waals surface area contributed by atoms with Crippen LogP contribution in [0.5, 0.6) is 0 Å². The maximum Gasteiger partial charge on any atom is 0.0593 e. The lowest BCUT2D eigenvalue weighted by molar-refractivity contribution is 0.109. The quantitative estimate of drug-likeness (QED) is 0.785. The molecule has 0 aromatic carbocycles. The van der Waals surface area contributed by atoms with E-state index in [2.05, 4.69) is 40.9 Å². The molecule has 0 aliphatic rings. The van der Waals surface area contributed by atoms with Gasteiger partial charge in [-0.15, -0.1) is 11.3 Å². The second kappa shape index (κ2) is 7.48. The van der Waals surface area contributed by atoms with Gasteiger partial charge in [0.1, 0.15) is 0 Å². The molecule has 5 heteroatoms. The Balaban J connectivity index is 2.63. The predicted molar refractivity (Wildman–Crippen MR) is 77.7 cm³/mol. The summed E-state index contributed by atoms with van der Waals surface area (Å²) in [6, 6.07) is 2.46. The summed E-state index contributed by atoms with van der Waals surface area (Å²) in [5.41, 5.74) is 5.88. The summed E-state index contributed by atoms with van der Waals surface area (Å²) < 4.78 is 6.55. The summed E-state index contributed by atoms with van der Waals surface area (Å²) in [5, 5.41) is 0. The molecule has 0 fully saturated rings. The Morgan fingerprint density at radius 1 is 1.59 bits per heavy atom. The minimum absolute atomic E-state index is 0.283. The second-order valence-corrected chi connectivity index (χ2v) is 6.12. The molecule has 98 valence electrons. The fourth-order valence-electron chi connectivity index (χ4n) is 1.67. The number of thiophene rings is 1. The van der Waals surface area contributed by atoms with E-state index < -0.39 is 0 Å². The smallest absolute Gasteiger partial charge is 0.0593 e. The summed E-state index contributed by atoms with van der Waals surface area (Å²) in [6.45, 7) is 7.20. The van der Waals surface area contributed by atoms with Crippen molar-refractivity contribution >= 4 is 27.3 Å². The van der Waals surface area contributed by atoms with Crippen LogP contribution in [0.25, 0.3) is 0 Å². The second-order valence-electron chi connectivity index (χ2n) is 3.98. The van der Waals surface area contributed by atoms with Crippen LogP contribution in [0, 0.1) is 6.92 Å². The summed E-state index contributed by atoms with van der Waals surface area (Å²) in [7, 11) is 2.10. The molecule has 1 atom stereocenters. The molecule has 1 aromatic rings. The van der Waals surface area contributed by atoms with E-state index in [1.54, 1.807) is 11.3 Å². The zero-order chi connectivity index (χ0) is 12.8. The van der Waals surface area contributed by atoms with Crippen molar-refractivity contribution in [2.75, 3.05) is 33.4 Å². The summed E-state index contributed by atoms with van der Waals surface area (Å²) in [4.78, 5) is 4.88.